The summed E-state index contributed by atoms with van der Waals surface area (Å²) in [6.45, 7) is 1.80. The number of para-hydroxylation sites is 1. The zero-order valence-corrected chi connectivity index (χ0v) is 16.6. The highest BCUT2D eigenvalue weighted by Gasteiger charge is 2.29. The number of aromatic nitrogens is 1. The maximum atomic E-state index is 13.1. The van der Waals surface area contributed by atoms with Gasteiger partial charge in [0, 0.05) is 11.6 Å². The number of carbonyl (C=O) groups excluding carboxylic acids is 2. The Hall–Kier alpha value is -2.08. The molecule has 3 rings (SSSR count). The van der Waals surface area contributed by atoms with Crippen LogP contribution in [0.1, 0.15) is 68.1 Å². The number of fused-ring (bicyclic) bond motifs is 1. The molecule has 1 aliphatic rings. The smallest absolute Gasteiger partial charge is 0.223 e. The molecule has 0 saturated heterocycles. The predicted octanol–water partition coefficient (Wildman–Crippen LogP) is 4.75. The van der Waals surface area contributed by atoms with Crippen molar-refractivity contribution in [2.75, 3.05) is 0 Å². The van der Waals surface area contributed by atoms with E-state index < -0.39 is 6.04 Å². The Kier molecular flexibility index (Phi) is 6.72. The van der Waals surface area contributed by atoms with Crippen LogP contribution in [0.15, 0.2) is 24.3 Å². The average molecular weight is 386 g/mol. The highest BCUT2D eigenvalue weighted by atomic mass is 32.1. The molecule has 0 unspecified atom stereocenters. The van der Waals surface area contributed by atoms with Gasteiger partial charge in [-0.3, -0.25) is 9.59 Å². The van der Waals surface area contributed by atoms with Crippen LogP contribution in [-0.2, 0) is 4.79 Å². The monoisotopic (exact) mass is 385 g/mol. The molecule has 1 saturated carbocycles. The molecule has 2 N–H and O–H groups in total. The van der Waals surface area contributed by atoms with Gasteiger partial charge in [-0.15, -0.1) is 11.3 Å². The first kappa shape index (κ1) is 19.7. The lowest BCUT2D eigenvalue weighted by molar-refractivity contribution is -0.125. The standard InChI is InChI=1S/C21H27N3O2S/c1-14(22)8-2-5-12-17(23-20(26)15-9-3-4-10-15)19(25)21-24-16-11-6-7-13-18(16)27-21/h6-7,11,13,15,17,22H,2-5,8-10,12H2,1H3,(H,23,26)/t17-/m0/s1. The van der Waals surface area contributed by atoms with Crippen LogP contribution < -0.4 is 5.32 Å². The first-order valence-electron chi connectivity index (χ1n) is 9.79. The zero-order chi connectivity index (χ0) is 19.2. The molecule has 6 heteroatoms. The number of nitrogens with one attached hydrogen (secondary N) is 2. The van der Waals surface area contributed by atoms with E-state index in [2.05, 4.69) is 10.3 Å². The summed E-state index contributed by atoms with van der Waals surface area (Å²) >= 11 is 1.39. The van der Waals surface area contributed by atoms with Crippen LogP contribution in [0.5, 0.6) is 0 Å². The third kappa shape index (κ3) is 5.22. The normalized spacial score (nSPS) is 15.7. The van der Waals surface area contributed by atoms with Crippen LogP contribution in [0.2, 0.25) is 0 Å². The van der Waals surface area contributed by atoms with Crippen molar-refractivity contribution < 1.29 is 9.59 Å². The minimum absolute atomic E-state index is 0.00944. The molecule has 1 aromatic carbocycles. The quantitative estimate of drug-likeness (QED) is 0.371. The van der Waals surface area contributed by atoms with Gasteiger partial charge in [-0.1, -0.05) is 31.4 Å². The largest absolute Gasteiger partial charge is 0.346 e. The Labute approximate surface area is 164 Å². The van der Waals surface area contributed by atoms with Crippen LogP contribution in [0.25, 0.3) is 10.2 Å². The Morgan fingerprint density at radius 1 is 1.26 bits per heavy atom. The van der Waals surface area contributed by atoms with Crippen molar-refractivity contribution in [1.82, 2.24) is 10.3 Å². The van der Waals surface area contributed by atoms with Crippen molar-refractivity contribution in [3.05, 3.63) is 29.3 Å². The zero-order valence-electron chi connectivity index (χ0n) is 15.8. The van der Waals surface area contributed by atoms with Gasteiger partial charge in [0.05, 0.1) is 16.3 Å². The van der Waals surface area contributed by atoms with E-state index in [1.54, 1.807) is 6.92 Å². The predicted molar refractivity (Wildman–Crippen MR) is 110 cm³/mol. The fourth-order valence-corrected chi connectivity index (χ4v) is 4.57. The third-order valence-electron chi connectivity index (χ3n) is 5.16. The molecule has 5 nitrogen and oxygen atoms in total. The highest BCUT2D eigenvalue weighted by Crippen LogP contribution is 2.26. The molecule has 144 valence electrons. The maximum absolute atomic E-state index is 13.1. The first-order valence-corrected chi connectivity index (χ1v) is 10.6. The fraction of sp³-hybridized carbons (Fsp3) is 0.524. The van der Waals surface area contributed by atoms with Crippen molar-refractivity contribution in [3.8, 4) is 0 Å². The number of hydrogen-bond donors (Lipinski definition) is 2. The van der Waals surface area contributed by atoms with E-state index in [-0.39, 0.29) is 17.6 Å². The van der Waals surface area contributed by atoms with Gasteiger partial charge in [-0.2, -0.15) is 0 Å². The van der Waals surface area contributed by atoms with Gasteiger partial charge in [-0.05, 0) is 51.2 Å². The summed E-state index contributed by atoms with van der Waals surface area (Å²) in [6.07, 6.45) is 7.02. The molecule has 27 heavy (non-hydrogen) atoms. The number of carbonyl (C=O) groups is 2. The average Bonchev–Trinajstić information content (AvgIpc) is 3.32. The number of unbranched alkanes of at least 4 members (excludes halogenated alkanes) is 1. The van der Waals surface area contributed by atoms with Gasteiger partial charge in [0.25, 0.3) is 0 Å². The SMILES string of the molecule is CC(=N)CCCC[C@H](NC(=O)C1CCCC1)C(=O)c1nc2ccccc2s1. The third-order valence-corrected chi connectivity index (χ3v) is 6.21. The fourth-order valence-electron chi connectivity index (χ4n) is 3.61. The number of hydrogen-bond acceptors (Lipinski definition) is 5. The van der Waals surface area contributed by atoms with Crippen LogP contribution in [0.4, 0.5) is 0 Å². The van der Waals surface area contributed by atoms with Crippen molar-refractivity contribution in [3.63, 3.8) is 0 Å². The molecule has 1 heterocycles. The molecular formula is C21H27N3O2S. The lowest BCUT2D eigenvalue weighted by Crippen LogP contribution is -2.43. The van der Waals surface area contributed by atoms with Crippen LogP contribution in [0.3, 0.4) is 0 Å². The van der Waals surface area contributed by atoms with E-state index in [0.29, 0.717) is 17.1 Å². The van der Waals surface area contributed by atoms with Gasteiger partial charge in [0.1, 0.15) is 0 Å². The minimum atomic E-state index is -0.523. The second kappa shape index (κ2) is 9.22. The van der Waals surface area contributed by atoms with E-state index in [9.17, 15) is 9.59 Å². The van der Waals surface area contributed by atoms with Gasteiger partial charge in [-0.25, -0.2) is 4.98 Å². The highest BCUT2D eigenvalue weighted by molar-refractivity contribution is 7.20. The molecule has 0 spiro atoms. The van der Waals surface area contributed by atoms with E-state index in [0.717, 1.165) is 55.2 Å². The summed E-state index contributed by atoms with van der Waals surface area (Å²) in [5.41, 5.74) is 1.48. The van der Waals surface area contributed by atoms with E-state index in [4.69, 9.17) is 5.41 Å². The number of Topliss-reactive ketones (excluding diaryl/α,β-unsaturated/α-hetero) is 1. The number of benzene rings is 1. The molecule has 1 fully saturated rings. The second-order valence-electron chi connectivity index (χ2n) is 7.42. The summed E-state index contributed by atoms with van der Waals surface area (Å²) in [5.74, 6) is -0.0381. The molecular weight excluding hydrogens is 358 g/mol. The number of ketones is 1. The second-order valence-corrected chi connectivity index (χ2v) is 8.45. The Bertz CT molecular complexity index is 791. The number of rotatable bonds is 9. The summed E-state index contributed by atoms with van der Waals surface area (Å²) in [5, 5.41) is 11.0. The van der Waals surface area contributed by atoms with Crippen molar-refractivity contribution in [2.45, 2.75) is 64.3 Å². The number of thiazole rings is 1. The number of nitrogens with zero attached hydrogens (tertiary/aromatic N) is 1. The summed E-state index contributed by atoms with van der Waals surface area (Å²) < 4.78 is 0.987. The molecule has 0 aliphatic heterocycles. The summed E-state index contributed by atoms with van der Waals surface area (Å²) in [6, 6.07) is 7.19. The molecule has 1 aromatic heterocycles. The van der Waals surface area contributed by atoms with Gasteiger partial charge < -0.3 is 10.7 Å². The van der Waals surface area contributed by atoms with Gasteiger partial charge >= 0.3 is 0 Å². The van der Waals surface area contributed by atoms with Crippen LogP contribution in [-0.4, -0.2) is 28.4 Å². The lowest BCUT2D eigenvalue weighted by atomic mass is 10.0. The Morgan fingerprint density at radius 2 is 2.00 bits per heavy atom. The summed E-state index contributed by atoms with van der Waals surface area (Å²) in [7, 11) is 0. The molecule has 2 aromatic rings. The Balaban J connectivity index is 1.71. The summed E-state index contributed by atoms with van der Waals surface area (Å²) in [4.78, 5) is 30.2. The van der Waals surface area contributed by atoms with Crippen molar-refractivity contribution in [1.29, 1.82) is 5.41 Å². The van der Waals surface area contributed by atoms with Gasteiger partial charge in [0.2, 0.25) is 11.7 Å². The molecule has 0 radical (unpaired) electrons. The van der Waals surface area contributed by atoms with Crippen molar-refractivity contribution in [2.24, 2.45) is 5.92 Å². The molecule has 1 aliphatic carbocycles. The topological polar surface area (TPSA) is 82.9 Å². The molecule has 1 atom stereocenters. The molecule has 0 bridgehead atoms. The van der Waals surface area contributed by atoms with Crippen LogP contribution in [0, 0.1) is 11.3 Å². The lowest BCUT2D eigenvalue weighted by Gasteiger charge is -2.19. The van der Waals surface area contributed by atoms with Crippen molar-refractivity contribution >= 4 is 39.0 Å². The molecule has 1 amide bonds. The maximum Gasteiger partial charge on any atom is 0.223 e. The first-order chi connectivity index (χ1) is 13.0. The van der Waals surface area contributed by atoms with Gasteiger partial charge in [0.15, 0.2) is 5.01 Å². The van der Waals surface area contributed by atoms with E-state index in [1.807, 2.05) is 24.3 Å². The van der Waals surface area contributed by atoms with E-state index in [1.165, 1.54) is 11.3 Å². The van der Waals surface area contributed by atoms with E-state index >= 15 is 0 Å². The van der Waals surface area contributed by atoms with Crippen LogP contribution >= 0.6 is 11.3 Å². The number of amides is 1. The Morgan fingerprint density at radius 3 is 2.70 bits per heavy atom. The minimum Gasteiger partial charge on any atom is -0.346 e.